The van der Waals surface area contributed by atoms with Gasteiger partial charge in [0.25, 0.3) is 0 Å². The van der Waals surface area contributed by atoms with Gasteiger partial charge in [-0.05, 0) is 69.5 Å². The number of guanidine groups is 1. The Hall–Kier alpha value is -0.380. The molecule has 0 bridgehead atoms. The fraction of sp³-hybridized carbons (Fsp3) is 0.762. The van der Waals surface area contributed by atoms with Gasteiger partial charge in [0, 0.05) is 36.7 Å². The average Bonchev–Trinajstić information content (AvgIpc) is 3.39. The Morgan fingerprint density at radius 2 is 2.04 bits per heavy atom. The van der Waals surface area contributed by atoms with Gasteiger partial charge in [-0.2, -0.15) is 0 Å². The number of thiophene rings is 1. The Kier molecular flexibility index (Phi) is 10.5. The van der Waals surface area contributed by atoms with Gasteiger partial charge < -0.3 is 15.4 Å². The van der Waals surface area contributed by atoms with E-state index in [1.807, 2.05) is 11.3 Å². The molecule has 3 rings (SSSR count). The Balaban J connectivity index is 0.00000280. The molecular formula is C21H37IN4OS. The minimum atomic E-state index is 0. The molecule has 2 aliphatic rings. The fourth-order valence-electron chi connectivity index (χ4n) is 4.20. The van der Waals surface area contributed by atoms with E-state index >= 15 is 0 Å². The van der Waals surface area contributed by atoms with Gasteiger partial charge in [0.2, 0.25) is 0 Å². The standard InChI is InChI=1S/C21H36N4OS.HI/c1-3-22-20(23-16-18(2)15-19-7-6-14-27-19)24-17-21(8-12-26-13-9-21)25-10-4-5-11-25;/h6-7,14,18H,3-5,8-13,15-17H2,1-2H3,(H2,22,23,24);1H. The van der Waals surface area contributed by atoms with Crippen LogP contribution in [0.25, 0.3) is 0 Å². The smallest absolute Gasteiger partial charge is 0.191 e. The van der Waals surface area contributed by atoms with Gasteiger partial charge in [-0.15, -0.1) is 35.3 Å². The Morgan fingerprint density at radius 1 is 1.29 bits per heavy atom. The predicted molar refractivity (Wildman–Crippen MR) is 130 cm³/mol. The number of hydrogen-bond acceptors (Lipinski definition) is 4. The molecule has 1 aromatic rings. The van der Waals surface area contributed by atoms with E-state index in [0.29, 0.717) is 5.92 Å². The SMILES string of the molecule is CCNC(=NCC1(N2CCCC2)CCOCC1)NCC(C)Cc1cccs1.I. The minimum absolute atomic E-state index is 0. The molecule has 160 valence electrons. The van der Waals surface area contributed by atoms with E-state index in [2.05, 4.69) is 46.9 Å². The molecule has 0 amide bonds. The molecule has 5 nitrogen and oxygen atoms in total. The Morgan fingerprint density at radius 3 is 2.68 bits per heavy atom. The number of nitrogens with zero attached hydrogens (tertiary/aromatic N) is 2. The Bertz CT molecular complexity index is 569. The number of hydrogen-bond donors (Lipinski definition) is 2. The first-order valence-electron chi connectivity index (χ1n) is 10.6. The van der Waals surface area contributed by atoms with E-state index in [4.69, 9.17) is 9.73 Å². The molecular weight excluding hydrogens is 483 g/mol. The van der Waals surface area contributed by atoms with Crippen molar-refractivity contribution in [1.29, 1.82) is 0 Å². The van der Waals surface area contributed by atoms with E-state index in [0.717, 1.165) is 58.1 Å². The maximum atomic E-state index is 5.66. The van der Waals surface area contributed by atoms with Crippen LogP contribution in [0.3, 0.4) is 0 Å². The first-order chi connectivity index (χ1) is 13.2. The zero-order valence-electron chi connectivity index (χ0n) is 17.4. The first-order valence-corrected chi connectivity index (χ1v) is 11.5. The van der Waals surface area contributed by atoms with Crippen LogP contribution in [0.4, 0.5) is 0 Å². The van der Waals surface area contributed by atoms with Crippen LogP contribution in [0.5, 0.6) is 0 Å². The summed E-state index contributed by atoms with van der Waals surface area (Å²) in [5, 5.41) is 9.17. The second kappa shape index (κ2) is 12.3. The highest BCUT2D eigenvalue weighted by Gasteiger charge is 2.39. The second-order valence-corrected chi connectivity index (χ2v) is 9.03. The predicted octanol–water partition coefficient (Wildman–Crippen LogP) is 3.74. The molecule has 1 unspecified atom stereocenters. The van der Waals surface area contributed by atoms with Gasteiger partial charge in [-0.25, -0.2) is 0 Å². The van der Waals surface area contributed by atoms with Crippen LogP contribution in [0.1, 0.15) is 44.4 Å². The van der Waals surface area contributed by atoms with Crippen LogP contribution < -0.4 is 10.6 Å². The lowest BCUT2D eigenvalue weighted by atomic mass is 9.88. The van der Waals surface area contributed by atoms with Crippen LogP contribution in [0.2, 0.25) is 0 Å². The van der Waals surface area contributed by atoms with Crippen LogP contribution in [-0.2, 0) is 11.2 Å². The average molecular weight is 521 g/mol. The highest BCUT2D eigenvalue weighted by molar-refractivity contribution is 14.0. The third-order valence-corrected chi connectivity index (χ3v) is 6.72. The lowest BCUT2D eigenvalue weighted by Gasteiger charge is -2.43. The topological polar surface area (TPSA) is 48.9 Å². The molecule has 1 aromatic heterocycles. The lowest BCUT2D eigenvalue weighted by Crippen LogP contribution is -2.54. The quantitative estimate of drug-likeness (QED) is 0.312. The van der Waals surface area contributed by atoms with Gasteiger partial charge in [0.05, 0.1) is 6.54 Å². The molecule has 2 fully saturated rings. The number of ether oxygens (including phenoxy) is 1. The molecule has 0 aromatic carbocycles. The molecule has 2 N–H and O–H groups in total. The van der Waals surface area contributed by atoms with E-state index < -0.39 is 0 Å². The maximum absolute atomic E-state index is 5.66. The maximum Gasteiger partial charge on any atom is 0.191 e. The van der Waals surface area contributed by atoms with E-state index in [1.165, 1.54) is 30.8 Å². The van der Waals surface area contributed by atoms with Gasteiger partial charge in [-0.3, -0.25) is 9.89 Å². The van der Waals surface area contributed by atoms with Crippen molar-refractivity contribution < 1.29 is 4.74 Å². The number of nitrogens with one attached hydrogen (secondary N) is 2. The lowest BCUT2D eigenvalue weighted by molar-refractivity contribution is -0.0139. The summed E-state index contributed by atoms with van der Waals surface area (Å²) in [5.41, 5.74) is 0.194. The molecule has 2 saturated heterocycles. The highest BCUT2D eigenvalue weighted by atomic mass is 127. The number of rotatable bonds is 8. The summed E-state index contributed by atoms with van der Waals surface area (Å²) in [4.78, 5) is 9.16. The summed E-state index contributed by atoms with van der Waals surface area (Å²) < 4.78 is 5.66. The molecule has 0 radical (unpaired) electrons. The summed E-state index contributed by atoms with van der Waals surface area (Å²) in [7, 11) is 0. The van der Waals surface area contributed by atoms with Gasteiger partial charge in [0.15, 0.2) is 5.96 Å². The zero-order valence-corrected chi connectivity index (χ0v) is 20.6. The second-order valence-electron chi connectivity index (χ2n) is 8.00. The molecule has 0 spiro atoms. The van der Waals surface area contributed by atoms with Crippen molar-refractivity contribution in [3.63, 3.8) is 0 Å². The van der Waals surface area contributed by atoms with E-state index in [9.17, 15) is 0 Å². The summed E-state index contributed by atoms with van der Waals surface area (Å²) in [6.45, 7) is 11.3. The van der Waals surface area contributed by atoms with E-state index in [1.54, 1.807) is 0 Å². The van der Waals surface area contributed by atoms with Gasteiger partial charge in [0.1, 0.15) is 0 Å². The molecule has 2 aliphatic heterocycles. The molecule has 0 aliphatic carbocycles. The summed E-state index contributed by atoms with van der Waals surface area (Å²) in [6, 6.07) is 4.36. The van der Waals surface area contributed by atoms with Crippen molar-refractivity contribution >= 4 is 41.3 Å². The van der Waals surface area contributed by atoms with Crippen molar-refractivity contribution in [2.75, 3.05) is 45.9 Å². The molecule has 0 saturated carbocycles. The van der Waals surface area contributed by atoms with Crippen molar-refractivity contribution in [2.24, 2.45) is 10.9 Å². The van der Waals surface area contributed by atoms with Crippen molar-refractivity contribution in [3.05, 3.63) is 22.4 Å². The number of aliphatic imine (C=N–C) groups is 1. The van der Waals surface area contributed by atoms with Crippen LogP contribution in [0, 0.1) is 5.92 Å². The zero-order chi connectivity index (χ0) is 19.0. The monoisotopic (exact) mass is 520 g/mol. The van der Waals surface area contributed by atoms with Crippen molar-refractivity contribution in [1.82, 2.24) is 15.5 Å². The van der Waals surface area contributed by atoms with Crippen molar-refractivity contribution in [2.45, 2.75) is 51.5 Å². The largest absolute Gasteiger partial charge is 0.381 e. The highest BCUT2D eigenvalue weighted by Crippen LogP contribution is 2.31. The fourth-order valence-corrected chi connectivity index (χ4v) is 5.07. The van der Waals surface area contributed by atoms with Crippen LogP contribution >= 0.6 is 35.3 Å². The molecule has 3 heterocycles. The number of likely N-dealkylation sites (tertiary alicyclic amines) is 1. The van der Waals surface area contributed by atoms with Gasteiger partial charge in [-0.1, -0.05) is 13.0 Å². The van der Waals surface area contributed by atoms with Crippen LogP contribution in [-0.4, -0.2) is 62.3 Å². The molecule has 1 atom stereocenters. The summed E-state index contributed by atoms with van der Waals surface area (Å²) >= 11 is 1.85. The van der Waals surface area contributed by atoms with Gasteiger partial charge >= 0.3 is 0 Å². The van der Waals surface area contributed by atoms with Crippen LogP contribution in [0.15, 0.2) is 22.5 Å². The molecule has 28 heavy (non-hydrogen) atoms. The first kappa shape index (κ1) is 23.9. The summed E-state index contributed by atoms with van der Waals surface area (Å²) in [5.74, 6) is 1.55. The minimum Gasteiger partial charge on any atom is -0.381 e. The third kappa shape index (κ3) is 6.85. The number of halogens is 1. The summed E-state index contributed by atoms with van der Waals surface area (Å²) in [6.07, 6.45) is 5.98. The third-order valence-electron chi connectivity index (χ3n) is 5.82. The normalized spacial score (nSPS) is 21.1. The van der Waals surface area contributed by atoms with Crippen molar-refractivity contribution in [3.8, 4) is 0 Å². The van der Waals surface area contributed by atoms with E-state index in [-0.39, 0.29) is 29.5 Å². The Labute approximate surface area is 191 Å². The molecule has 7 heteroatoms.